The summed E-state index contributed by atoms with van der Waals surface area (Å²) in [6.45, 7) is 0. The third kappa shape index (κ3) is 4.47. The summed E-state index contributed by atoms with van der Waals surface area (Å²) in [6.07, 6.45) is 1.40. The Kier molecular flexibility index (Phi) is 5.64. The second-order valence-electron chi connectivity index (χ2n) is 4.96. The maximum atomic E-state index is 11.8. The molecule has 6 N–H and O–H groups in total. The molecule has 0 spiro atoms. The summed E-state index contributed by atoms with van der Waals surface area (Å²) in [4.78, 5) is 25.9. The van der Waals surface area contributed by atoms with Crippen LogP contribution in [0.4, 0.5) is 5.82 Å². The number of anilines is 1. The molecule has 10 heteroatoms. The molecule has 1 aliphatic rings. The zero-order valence-corrected chi connectivity index (χ0v) is 13.0. The van der Waals surface area contributed by atoms with Gasteiger partial charge in [-0.1, -0.05) is 0 Å². The topological polar surface area (TPSA) is 154 Å². The number of nitrogen functional groups attached to an aromatic ring is 1. The molecule has 0 radical (unpaired) electrons. The van der Waals surface area contributed by atoms with Gasteiger partial charge in [0.25, 0.3) is 0 Å². The predicted octanol–water partition coefficient (Wildman–Crippen LogP) is -0.866. The van der Waals surface area contributed by atoms with E-state index in [0.29, 0.717) is 23.7 Å². The quantitative estimate of drug-likeness (QED) is 0.463. The zero-order valence-electron chi connectivity index (χ0n) is 12.2. The molecule has 23 heavy (non-hydrogen) atoms. The highest BCUT2D eigenvalue weighted by Crippen LogP contribution is 2.27. The number of ether oxygens (including phenoxy) is 1. The Morgan fingerprint density at radius 2 is 2.30 bits per heavy atom. The first-order valence-corrected chi connectivity index (χ1v) is 8.00. The van der Waals surface area contributed by atoms with E-state index in [-0.39, 0.29) is 5.82 Å². The van der Waals surface area contributed by atoms with E-state index in [1.54, 1.807) is 0 Å². The second-order valence-corrected chi connectivity index (χ2v) is 6.07. The van der Waals surface area contributed by atoms with Gasteiger partial charge in [-0.3, -0.25) is 9.36 Å². The minimum absolute atomic E-state index is 0.0947. The van der Waals surface area contributed by atoms with Crippen LogP contribution >= 0.6 is 11.8 Å². The number of thioether (sulfide) groups is 1. The summed E-state index contributed by atoms with van der Waals surface area (Å²) < 4.78 is 6.72. The lowest BCUT2D eigenvalue weighted by atomic mass is 10.2. The SMILES string of the molecule is Nc1ccn([C@@H]2OC(CSCC[C@H](N)C(=O)O)=C[C@H]2O)c(=O)n1. The van der Waals surface area contributed by atoms with Crippen molar-refractivity contribution >= 4 is 23.5 Å². The van der Waals surface area contributed by atoms with Crippen LogP contribution in [0.25, 0.3) is 0 Å². The molecule has 2 heterocycles. The molecule has 9 nitrogen and oxygen atoms in total. The van der Waals surface area contributed by atoms with Gasteiger partial charge >= 0.3 is 11.7 Å². The number of aliphatic carboxylic acids is 1. The van der Waals surface area contributed by atoms with Gasteiger partial charge in [-0.15, -0.1) is 0 Å². The summed E-state index contributed by atoms with van der Waals surface area (Å²) in [7, 11) is 0. The van der Waals surface area contributed by atoms with Gasteiger partial charge in [-0.25, -0.2) is 4.79 Å². The molecule has 0 amide bonds. The van der Waals surface area contributed by atoms with Crippen molar-refractivity contribution in [2.24, 2.45) is 5.73 Å². The molecule has 1 aromatic rings. The molecule has 0 saturated carbocycles. The van der Waals surface area contributed by atoms with Crippen LogP contribution in [0, 0.1) is 0 Å². The largest absolute Gasteiger partial charge is 0.480 e. The lowest BCUT2D eigenvalue weighted by Crippen LogP contribution is -2.32. The molecule has 0 aromatic carbocycles. The Morgan fingerprint density at radius 3 is 2.96 bits per heavy atom. The predicted molar refractivity (Wildman–Crippen MR) is 84.7 cm³/mol. The zero-order chi connectivity index (χ0) is 17.0. The number of aliphatic hydroxyl groups excluding tert-OH is 1. The number of hydrogen-bond donors (Lipinski definition) is 4. The molecule has 1 aromatic heterocycles. The molecular weight excluding hydrogens is 324 g/mol. The smallest absolute Gasteiger partial charge is 0.352 e. The average Bonchev–Trinajstić information content (AvgIpc) is 2.84. The summed E-state index contributed by atoms with van der Waals surface area (Å²) in [5.41, 5.74) is 10.2. The van der Waals surface area contributed by atoms with Crippen LogP contribution in [0.3, 0.4) is 0 Å². The van der Waals surface area contributed by atoms with Crippen molar-refractivity contribution in [3.05, 3.63) is 34.6 Å². The molecule has 0 bridgehead atoms. The van der Waals surface area contributed by atoms with Crippen molar-refractivity contribution in [1.82, 2.24) is 9.55 Å². The fourth-order valence-electron chi connectivity index (χ4n) is 1.97. The maximum Gasteiger partial charge on any atom is 0.352 e. The number of rotatable bonds is 7. The lowest BCUT2D eigenvalue weighted by molar-refractivity contribution is -0.138. The summed E-state index contributed by atoms with van der Waals surface area (Å²) in [5.74, 6) is 0.556. The number of carboxylic acid groups (broad SMARTS) is 1. The van der Waals surface area contributed by atoms with Crippen LogP contribution in [-0.2, 0) is 9.53 Å². The van der Waals surface area contributed by atoms with E-state index >= 15 is 0 Å². The molecule has 2 rings (SSSR count). The van der Waals surface area contributed by atoms with Crippen LogP contribution < -0.4 is 17.2 Å². The first-order valence-electron chi connectivity index (χ1n) is 6.84. The van der Waals surface area contributed by atoms with Gasteiger partial charge in [-0.2, -0.15) is 16.7 Å². The van der Waals surface area contributed by atoms with Crippen molar-refractivity contribution in [3.8, 4) is 0 Å². The van der Waals surface area contributed by atoms with E-state index in [4.69, 9.17) is 21.3 Å². The monoisotopic (exact) mass is 342 g/mol. The van der Waals surface area contributed by atoms with E-state index in [9.17, 15) is 14.7 Å². The number of carboxylic acids is 1. The Balaban J connectivity index is 1.87. The minimum Gasteiger partial charge on any atom is -0.480 e. The number of aromatic nitrogens is 2. The van der Waals surface area contributed by atoms with Crippen LogP contribution in [0.1, 0.15) is 12.6 Å². The van der Waals surface area contributed by atoms with Crippen LogP contribution in [0.2, 0.25) is 0 Å². The third-order valence-electron chi connectivity index (χ3n) is 3.18. The van der Waals surface area contributed by atoms with E-state index in [2.05, 4.69) is 4.98 Å². The fourth-order valence-corrected chi connectivity index (χ4v) is 2.90. The molecule has 0 unspecified atom stereocenters. The molecule has 126 valence electrons. The molecule has 3 atom stereocenters. The number of hydrogen-bond acceptors (Lipinski definition) is 8. The van der Waals surface area contributed by atoms with Gasteiger partial charge < -0.3 is 26.4 Å². The molecule has 0 aliphatic carbocycles. The van der Waals surface area contributed by atoms with Gasteiger partial charge in [-0.05, 0) is 24.3 Å². The van der Waals surface area contributed by atoms with Gasteiger partial charge in [0.05, 0.1) is 5.75 Å². The van der Waals surface area contributed by atoms with E-state index < -0.39 is 30.0 Å². The summed E-state index contributed by atoms with van der Waals surface area (Å²) in [6, 6.07) is 0.552. The minimum atomic E-state index is -1.03. The summed E-state index contributed by atoms with van der Waals surface area (Å²) in [5, 5.41) is 18.7. The standard InChI is InChI=1S/C13H18N4O5S/c14-8(12(19)20)2-4-23-6-7-5-9(18)11(22-7)17-3-1-10(15)16-13(17)21/h1,3,5,8-9,11,18H,2,4,6,14H2,(H,19,20)(H2,15,16,21)/t8-,9+,11+/m0/s1. The van der Waals surface area contributed by atoms with Crippen molar-refractivity contribution in [2.45, 2.75) is 24.8 Å². The highest BCUT2D eigenvalue weighted by Gasteiger charge is 2.29. The van der Waals surface area contributed by atoms with E-state index in [0.717, 1.165) is 4.57 Å². The fraction of sp³-hybridized carbons (Fsp3) is 0.462. The highest BCUT2D eigenvalue weighted by atomic mass is 32.2. The Morgan fingerprint density at radius 1 is 1.57 bits per heavy atom. The average molecular weight is 342 g/mol. The van der Waals surface area contributed by atoms with Crippen LogP contribution in [0.5, 0.6) is 0 Å². The Bertz CT molecular complexity index is 662. The number of aliphatic hydroxyl groups is 1. The second kappa shape index (κ2) is 7.49. The Hall–Kier alpha value is -2.04. The van der Waals surface area contributed by atoms with Gasteiger partial charge in [0, 0.05) is 6.20 Å². The summed E-state index contributed by atoms with van der Waals surface area (Å²) >= 11 is 1.43. The van der Waals surface area contributed by atoms with Gasteiger partial charge in [0.2, 0.25) is 6.23 Å². The number of nitrogens with zero attached hydrogens (tertiary/aromatic N) is 2. The van der Waals surface area contributed by atoms with Crippen LogP contribution in [0.15, 0.2) is 28.9 Å². The van der Waals surface area contributed by atoms with Gasteiger partial charge in [0.1, 0.15) is 23.7 Å². The third-order valence-corrected chi connectivity index (χ3v) is 4.19. The molecule has 0 fully saturated rings. The van der Waals surface area contributed by atoms with E-state index in [1.807, 2.05) is 0 Å². The van der Waals surface area contributed by atoms with Crippen molar-refractivity contribution in [2.75, 3.05) is 17.2 Å². The van der Waals surface area contributed by atoms with Crippen molar-refractivity contribution < 1.29 is 19.7 Å². The van der Waals surface area contributed by atoms with Crippen molar-refractivity contribution in [3.63, 3.8) is 0 Å². The normalized spacial score (nSPS) is 21.6. The molecule has 1 aliphatic heterocycles. The number of carbonyl (C=O) groups is 1. The van der Waals surface area contributed by atoms with Crippen LogP contribution in [-0.4, -0.2) is 49.4 Å². The number of nitrogens with two attached hydrogens (primary N) is 2. The van der Waals surface area contributed by atoms with Gasteiger partial charge in [0.15, 0.2) is 0 Å². The first kappa shape index (κ1) is 17.3. The highest BCUT2D eigenvalue weighted by molar-refractivity contribution is 7.99. The van der Waals surface area contributed by atoms with E-state index in [1.165, 1.54) is 30.1 Å². The van der Waals surface area contributed by atoms with Crippen molar-refractivity contribution in [1.29, 1.82) is 0 Å². The maximum absolute atomic E-state index is 11.8. The molecular formula is C13H18N4O5S. The first-order chi connectivity index (χ1) is 10.9. The Labute approximate surface area is 135 Å². The lowest BCUT2D eigenvalue weighted by Gasteiger charge is -2.18. The molecule has 0 saturated heterocycles.